The topological polar surface area (TPSA) is 128 Å². The second-order valence-electron chi connectivity index (χ2n) is 12.0. The van der Waals surface area contributed by atoms with Crippen molar-refractivity contribution in [2.24, 2.45) is 5.73 Å². The minimum absolute atomic E-state index is 0.00467. The van der Waals surface area contributed by atoms with E-state index in [4.69, 9.17) is 10.5 Å². The van der Waals surface area contributed by atoms with Crippen LogP contribution in [0.4, 0.5) is 0 Å². The van der Waals surface area contributed by atoms with Crippen molar-refractivity contribution in [1.29, 1.82) is 0 Å². The summed E-state index contributed by atoms with van der Waals surface area (Å²) in [5, 5.41) is 2.97. The van der Waals surface area contributed by atoms with Gasteiger partial charge in [-0.1, -0.05) is 69.6 Å². The molecule has 0 aliphatic heterocycles. The number of amides is 2. The Labute approximate surface area is 259 Å². The molecule has 0 radical (unpaired) electrons. The molecule has 1 aliphatic rings. The molecular formula is C33H41N3O5S2. The maximum absolute atomic E-state index is 13.8. The number of nitrogens with one attached hydrogen (secondary N) is 2. The average molecular weight is 624 g/mol. The maximum atomic E-state index is 13.8. The van der Waals surface area contributed by atoms with Gasteiger partial charge in [0.15, 0.2) is 0 Å². The van der Waals surface area contributed by atoms with Gasteiger partial charge in [0.05, 0.1) is 17.6 Å². The van der Waals surface area contributed by atoms with E-state index < -0.39 is 27.9 Å². The van der Waals surface area contributed by atoms with Gasteiger partial charge < -0.3 is 15.8 Å². The predicted molar refractivity (Wildman–Crippen MR) is 170 cm³/mol. The summed E-state index contributed by atoms with van der Waals surface area (Å²) in [7, 11) is -2.25. The van der Waals surface area contributed by atoms with Crippen LogP contribution in [0.25, 0.3) is 0 Å². The summed E-state index contributed by atoms with van der Waals surface area (Å²) in [6.07, 6.45) is 3.89. The highest BCUT2D eigenvalue weighted by Gasteiger charge is 2.26. The van der Waals surface area contributed by atoms with Gasteiger partial charge in [-0.05, 0) is 78.3 Å². The van der Waals surface area contributed by atoms with Crippen LogP contribution in [-0.2, 0) is 26.7 Å². The zero-order valence-electron chi connectivity index (χ0n) is 25.2. The summed E-state index contributed by atoms with van der Waals surface area (Å²) in [6, 6.07) is 19.4. The van der Waals surface area contributed by atoms with Gasteiger partial charge in [-0.25, -0.2) is 13.1 Å². The molecule has 4 rings (SSSR count). The molecule has 0 heterocycles. The van der Waals surface area contributed by atoms with Gasteiger partial charge in [0.25, 0.3) is 5.91 Å². The number of hydrogen-bond donors (Lipinski definition) is 3. The molecule has 230 valence electrons. The van der Waals surface area contributed by atoms with E-state index in [1.165, 1.54) is 29.5 Å². The summed E-state index contributed by atoms with van der Waals surface area (Å²) in [5.41, 5.74) is 7.89. The summed E-state index contributed by atoms with van der Waals surface area (Å²) in [5.74, 6) is -0.320. The fraction of sp³-hybridized carbons (Fsp3) is 0.394. The van der Waals surface area contributed by atoms with Gasteiger partial charge in [-0.3, -0.25) is 9.59 Å². The van der Waals surface area contributed by atoms with Crippen LogP contribution in [0, 0.1) is 0 Å². The van der Waals surface area contributed by atoms with Gasteiger partial charge >= 0.3 is 0 Å². The highest BCUT2D eigenvalue weighted by Crippen LogP contribution is 2.33. The largest absolute Gasteiger partial charge is 0.497 e. The van der Waals surface area contributed by atoms with Crippen LogP contribution < -0.4 is 20.5 Å². The number of carbonyl (C=O) groups is 2. The fourth-order valence-electron chi connectivity index (χ4n) is 5.15. The van der Waals surface area contributed by atoms with E-state index in [1.54, 1.807) is 13.2 Å². The summed E-state index contributed by atoms with van der Waals surface area (Å²) in [4.78, 5) is 27.3. The SMILES string of the molecule is COc1ccc(Sc2ccc(S(=O)(=O)NC3CCCC3)cc2C(=O)N[C@@H](CC(N)=O)Cc2ccc(C(C)(C)C)cc2)cc1. The molecule has 1 aliphatic carbocycles. The first kappa shape index (κ1) is 32.6. The molecule has 1 saturated carbocycles. The van der Waals surface area contributed by atoms with Crippen molar-refractivity contribution in [3.8, 4) is 5.75 Å². The molecule has 0 bridgehead atoms. The maximum Gasteiger partial charge on any atom is 0.252 e. The molecule has 4 N–H and O–H groups in total. The standard InChI is InChI=1S/C33H41N3O5S2/c1-33(2,3)23-11-9-22(10-12-23)19-25(20-31(34)37)35-32(38)29-21-28(43(39,40)36-24-7-5-6-8-24)17-18-30(29)42-27-15-13-26(41-4)14-16-27/h9-18,21,24-25,36H,5-8,19-20H2,1-4H3,(H2,34,37)(H,35,38)/t25-/m1/s1. The first-order valence-corrected chi connectivity index (χ1v) is 16.8. The highest BCUT2D eigenvalue weighted by atomic mass is 32.2. The number of benzene rings is 3. The Morgan fingerprint density at radius 3 is 2.23 bits per heavy atom. The van der Waals surface area contributed by atoms with E-state index in [1.807, 2.05) is 48.5 Å². The Hall–Kier alpha value is -3.34. The van der Waals surface area contributed by atoms with E-state index >= 15 is 0 Å². The zero-order valence-corrected chi connectivity index (χ0v) is 26.8. The third kappa shape index (κ3) is 9.08. The first-order valence-electron chi connectivity index (χ1n) is 14.5. The normalized spacial score (nSPS) is 14.8. The Bertz CT molecular complexity index is 1530. The smallest absolute Gasteiger partial charge is 0.252 e. The number of ether oxygens (including phenoxy) is 1. The molecule has 0 saturated heterocycles. The highest BCUT2D eigenvalue weighted by molar-refractivity contribution is 7.99. The van der Waals surface area contributed by atoms with Crippen molar-refractivity contribution >= 4 is 33.6 Å². The number of methoxy groups -OCH3 is 1. The number of carbonyl (C=O) groups excluding carboxylic acids is 2. The fourth-order valence-corrected chi connectivity index (χ4v) is 7.40. The molecule has 1 atom stereocenters. The van der Waals surface area contributed by atoms with Crippen LogP contribution in [-0.4, -0.2) is 39.4 Å². The second-order valence-corrected chi connectivity index (χ2v) is 14.9. The Kier molecular flexibility index (Phi) is 10.6. The van der Waals surface area contributed by atoms with Gasteiger partial charge in [0.1, 0.15) is 5.75 Å². The molecule has 3 aromatic rings. The van der Waals surface area contributed by atoms with Crippen LogP contribution >= 0.6 is 11.8 Å². The zero-order chi connectivity index (χ0) is 31.2. The van der Waals surface area contributed by atoms with E-state index in [0.717, 1.165) is 36.1 Å². The lowest BCUT2D eigenvalue weighted by Gasteiger charge is -2.21. The summed E-state index contributed by atoms with van der Waals surface area (Å²) < 4.78 is 34.6. The molecule has 1 fully saturated rings. The number of hydrogen-bond acceptors (Lipinski definition) is 6. The van der Waals surface area contributed by atoms with E-state index in [2.05, 4.69) is 30.8 Å². The number of primary amides is 1. The van der Waals surface area contributed by atoms with Crippen LogP contribution in [0.5, 0.6) is 5.75 Å². The third-order valence-electron chi connectivity index (χ3n) is 7.56. The third-order valence-corrected chi connectivity index (χ3v) is 10.2. The van der Waals surface area contributed by atoms with Crippen LogP contribution in [0.2, 0.25) is 0 Å². The number of nitrogens with two attached hydrogens (primary N) is 1. The number of rotatable bonds is 12. The van der Waals surface area contributed by atoms with Crippen molar-refractivity contribution in [2.45, 2.75) is 91.5 Å². The van der Waals surface area contributed by atoms with Gasteiger partial charge in [-0.15, -0.1) is 0 Å². The van der Waals surface area contributed by atoms with E-state index in [9.17, 15) is 18.0 Å². The van der Waals surface area contributed by atoms with Gasteiger partial charge in [-0.2, -0.15) is 0 Å². The van der Waals surface area contributed by atoms with Crippen LogP contribution in [0.15, 0.2) is 81.4 Å². The monoisotopic (exact) mass is 623 g/mol. The predicted octanol–water partition coefficient (Wildman–Crippen LogP) is 5.58. The summed E-state index contributed by atoms with van der Waals surface area (Å²) in [6.45, 7) is 6.41. The average Bonchev–Trinajstić information content (AvgIpc) is 3.45. The molecule has 3 aromatic carbocycles. The van der Waals surface area contributed by atoms with Gasteiger partial charge in [0.2, 0.25) is 15.9 Å². The van der Waals surface area contributed by atoms with Crippen molar-refractivity contribution in [1.82, 2.24) is 10.0 Å². The molecule has 8 nitrogen and oxygen atoms in total. The van der Waals surface area contributed by atoms with Crippen molar-refractivity contribution in [3.05, 3.63) is 83.4 Å². The first-order chi connectivity index (χ1) is 20.3. The Morgan fingerprint density at radius 1 is 1.00 bits per heavy atom. The molecule has 0 spiro atoms. The molecular weight excluding hydrogens is 583 g/mol. The Balaban J connectivity index is 1.63. The minimum atomic E-state index is -3.84. The molecule has 0 aromatic heterocycles. The van der Waals surface area contributed by atoms with Crippen molar-refractivity contribution < 1.29 is 22.7 Å². The van der Waals surface area contributed by atoms with Crippen molar-refractivity contribution in [3.63, 3.8) is 0 Å². The van der Waals surface area contributed by atoms with Crippen LogP contribution in [0.1, 0.15) is 74.4 Å². The lowest BCUT2D eigenvalue weighted by molar-refractivity contribution is -0.118. The number of sulfonamides is 1. The summed E-state index contributed by atoms with van der Waals surface area (Å²) >= 11 is 1.34. The lowest BCUT2D eigenvalue weighted by atomic mass is 9.86. The van der Waals surface area contributed by atoms with Gasteiger partial charge in [0, 0.05) is 28.3 Å². The molecule has 2 amide bonds. The second kappa shape index (κ2) is 14.0. The van der Waals surface area contributed by atoms with E-state index in [-0.39, 0.29) is 28.3 Å². The lowest BCUT2D eigenvalue weighted by Crippen LogP contribution is -2.39. The minimum Gasteiger partial charge on any atom is -0.497 e. The Morgan fingerprint density at radius 2 is 1.65 bits per heavy atom. The van der Waals surface area contributed by atoms with Crippen LogP contribution in [0.3, 0.4) is 0 Å². The van der Waals surface area contributed by atoms with E-state index in [0.29, 0.717) is 17.1 Å². The quantitative estimate of drug-likeness (QED) is 0.242. The molecule has 0 unspecified atom stereocenters. The molecule has 10 heteroatoms. The van der Waals surface area contributed by atoms with Crippen molar-refractivity contribution in [2.75, 3.05) is 7.11 Å². The molecule has 43 heavy (non-hydrogen) atoms.